The molecule has 3 aromatic heterocycles. The van der Waals surface area contributed by atoms with Crippen molar-refractivity contribution in [2.24, 2.45) is 0 Å². The Kier molecular flexibility index (Phi) is 5.21. The minimum atomic E-state index is -0.328. The van der Waals surface area contributed by atoms with Crippen LogP contribution in [0.25, 0.3) is 0 Å². The highest BCUT2D eigenvalue weighted by molar-refractivity contribution is 5.95. The van der Waals surface area contributed by atoms with Crippen LogP contribution in [0.3, 0.4) is 0 Å². The molecular formula is C20H23N7O3. The molecule has 0 saturated carbocycles. The molecular weight excluding hydrogens is 386 g/mol. The molecule has 0 unspecified atom stereocenters. The van der Waals surface area contributed by atoms with Crippen molar-refractivity contribution in [2.75, 3.05) is 13.1 Å². The molecule has 1 aliphatic rings. The summed E-state index contributed by atoms with van der Waals surface area (Å²) in [6.07, 6.45) is 2.25. The van der Waals surface area contributed by atoms with Gasteiger partial charge in [0, 0.05) is 42.8 Å². The number of aryl methyl sites for hydroxylation is 2. The first-order valence-corrected chi connectivity index (χ1v) is 9.76. The summed E-state index contributed by atoms with van der Waals surface area (Å²) in [5.41, 5.74) is 3.60. The maximum Gasteiger partial charge on any atom is 0.348 e. The van der Waals surface area contributed by atoms with E-state index in [1.807, 2.05) is 13.0 Å². The zero-order valence-electron chi connectivity index (χ0n) is 16.9. The molecule has 1 aliphatic heterocycles. The molecule has 10 heteroatoms. The summed E-state index contributed by atoms with van der Waals surface area (Å²) in [5.74, 6) is -0.388. The first kappa shape index (κ1) is 19.6. The Hall–Kier alpha value is -3.69. The van der Waals surface area contributed by atoms with Crippen LogP contribution in [0, 0.1) is 13.8 Å². The molecule has 30 heavy (non-hydrogen) atoms. The van der Waals surface area contributed by atoms with Gasteiger partial charge in [0.1, 0.15) is 5.69 Å². The fourth-order valence-corrected chi connectivity index (χ4v) is 3.72. The lowest BCUT2D eigenvalue weighted by molar-refractivity contribution is 0.0727. The van der Waals surface area contributed by atoms with Crippen LogP contribution in [0.2, 0.25) is 0 Å². The molecule has 0 spiro atoms. The Bertz CT molecular complexity index is 1140. The third-order valence-corrected chi connectivity index (χ3v) is 5.23. The lowest BCUT2D eigenvalue weighted by Gasteiger charge is -2.26. The van der Waals surface area contributed by atoms with Crippen molar-refractivity contribution in [3.63, 3.8) is 0 Å². The molecule has 0 aliphatic carbocycles. The van der Waals surface area contributed by atoms with E-state index in [0.29, 0.717) is 43.1 Å². The molecule has 0 aromatic carbocycles. The van der Waals surface area contributed by atoms with E-state index < -0.39 is 0 Å². The first-order chi connectivity index (χ1) is 14.4. The number of amides is 2. The van der Waals surface area contributed by atoms with Crippen LogP contribution in [0.4, 0.5) is 0 Å². The quantitative estimate of drug-likeness (QED) is 0.566. The van der Waals surface area contributed by atoms with Gasteiger partial charge in [0.25, 0.3) is 11.8 Å². The van der Waals surface area contributed by atoms with Crippen molar-refractivity contribution in [3.05, 3.63) is 68.9 Å². The summed E-state index contributed by atoms with van der Waals surface area (Å²) in [6, 6.07) is 5.34. The predicted octanol–water partition coefficient (Wildman–Crippen LogP) is 0.540. The normalized spacial score (nSPS) is 13.2. The predicted molar refractivity (Wildman–Crippen MR) is 108 cm³/mol. The summed E-state index contributed by atoms with van der Waals surface area (Å²) in [7, 11) is 0. The summed E-state index contributed by atoms with van der Waals surface area (Å²) >= 11 is 0. The third kappa shape index (κ3) is 3.76. The second-order valence-corrected chi connectivity index (χ2v) is 7.32. The van der Waals surface area contributed by atoms with E-state index in [0.717, 1.165) is 17.0 Å². The molecule has 0 bridgehead atoms. The molecule has 3 N–H and O–H groups in total. The zero-order valence-corrected chi connectivity index (χ0v) is 16.9. The van der Waals surface area contributed by atoms with Gasteiger partial charge in [0.2, 0.25) is 0 Å². The van der Waals surface area contributed by atoms with Crippen LogP contribution < -0.4 is 11.0 Å². The van der Waals surface area contributed by atoms with Gasteiger partial charge in [-0.25, -0.2) is 4.79 Å². The number of aromatic amines is 2. The van der Waals surface area contributed by atoms with Gasteiger partial charge in [-0.15, -0.1) is 0 Å². The van der Waals surface area contributed by atoms with E-state index in [9.17, 15) is 14.4 Å². The van der Waals surface area contributed by atoms with Gasteiger partial charge < -0.3 is 15.2 Å². The number of nitrogens with one attached hydrogen (secondary N) is 3. The molecule has 4 heterocycles. The highest BCUT2D eigenvalue weighted by Gasteiger charge is 2.28. The Balaban J connectivity index is 1.39. The Morgan fingerprint density at radius 2 is 2.13 bits per heavy atom. The number of nitrogens with zero attached hydrogens (tertiary/aromatic N) is 4. The summed E-state index contributed by atoms with van der Waals surface area (Å²) in [6.45, 7) is 5.10. The highest BCUT2D eigenvalue weighted by atomic mass is 16.2. The number of hydrogen-bond donors (Lipinski definition) is 3. The molecule has 10 nitrogen and oxygen atoms in total. The van der Waals surface area contributed by atoms with E-state index in [1.54, 1.807) is 30.2 Å². The third-order valence-electron chi connectivity index (χ3n) is 5.23. The Morgan fingerprint density at radius 1 is 1.30 bits per heavy atom. The van der Waals surface area contributed by atoms with Crippen LogP contribution >= 0.6 is 0 Å². The number of H-pyrrole nitrogens is 2. The van der Waals surface area contributed by atoms with Crippen LogP contribution in [0.15, 0.2) is 29.2 Å². The van der Waals surface area contributed by atoms with E-state index in [1.165, 1.54) is 4.57 Å². The fraction of sp³-hybridized carbons (Fsp3) is 0.350. The van der Waals surface area contributed by atoms with Crippen molar-refractivity contribution >= 4 is 11.8 Å². The highest BCUT2D eigenvalue weighted by Crippen LogP contribution is 2.21. The largest absolute Gasteiger partial charge is 0.357 e. The molecule has 0 fully saturated rings. The van der Waals surface area contributed by atoms with Crippen LogP contribution in [-0.2, 0) is 19.5 Å². The van der Waals surface area contributed by atoms with Crippen molar-refractivity contribution in [2.45, 2.75) is 33.4 Å². The molecule has 0 atom stereocenters. The number of rotatable bonds is 5. The van der Waals surface area contributed by atoms with E-state index >= 15 is 0 Å². The van der Waals surface area contributed by atoms with Gasteiger partial charge in [-0.2, -0.15) is 10.1 Å². The molecule has 156 valence electrons. The van der Waals surface area contributed by atoms with Gasteiger partial charge in [0.15, 0.2) is 5.69 Å². The minimum Gasteiger partial charge on any atom is -0.357 e. The summed E-state index contributed by atoms with van der Waals surface area (Å²) < 4.78 is 1.53. The van der Waals surface area contributed by atoms with Crippen molar-refractivity contribution in [1.29, 1.82) is 0 Å². The van der Waals surface area contributed by atoms with Crippen molar-refractivity contribution in [3.8, 4) is 0 Å². The standard InChI is InChI=1S/C20H23N7O3/c1-12-10-13(2)27(20(30)23-12)9-7-22-18(28)17-14-5-8-26(11-16(14)24-25-17)19(29)15-4-3-6-21-15/h3-4,6,10,21H,5,7-9,11H2,1-2H3,(H,22,28)(H,24,25). The lowest BCUT2D eigenvalue weighted by Crippen LogP contribution is -2.37. The molecule has 2 amide bonds. The minimum absolute atomic E-state index is 0.0845. The first-order valence-electron chi connectivity index (χ1n) is 9.76. The fourth-order valence-electron chi connectivity index (χ4n) is 3.72. The molecule has 0 saturated heterocycles. The molecule has 3 aromatic rings. The zero-order chi connectivity index (χ0) is 21.3. The maximum absolute atomic E-state index is 12.6. The Morgan fingerprint density at radius 3 is 2.87 bits per heavy atom. The second kappa shape index (κ2) is 7.97. The van der Waals surface area contributed by atoms with Gasteiger partial charge >= 0.3 is 5.69 Å². The van der Waals surface area contributed by atoms with E-state index in [2.05, 4.69) is 25.5 Å². The summed E-state index contributed by atoms with van der Waals surface area (Å²) in [4.78, 5) is 45.7. The van der Waals surface area contributed by atoms with Gasteiger partial charge in [-0.1, -0.05) is 0 Å². The summed E-state index contributed by atoms with van der Waals surface area (Å²) in [5, 5.41) is 9.87. The van der Waals surface area contributed by atoms with Crippen LogP contribution in [0.1, 0.15) is 43.6 Å². The lowest BCUT2D eigenvalue weighted by atomic mass is 10.0. The number of aromatic nitrogens is 5. The number of carbonyl (C=O) groups is 2. The number of carbonyl (C=O) groups excluding carboxylic acids is 2. The number of hydrogen-bond acceptors (Lipinski definition) is 5. The topological polar surface area (TPSA) is 129 Å². The SMILES string of the molecule is Cc1cc(C)n(CCNC(=O)c2n[nH]c3c2CCN(C(=O)c2ccc[nH]2)C3)c(=O)n1. The molecule has 0 radical (unpaired) electrons. The molecule has 4 rings (SSSR count). The average molecular weight is 409 g/mol. The van der Waals surface area contributed by atoms with Gasteiger partial charge in [-0.05, 0) is 38.5 Å². The van der Waals surface area contributed by atoms with Crippen molar-refractivity contribution in [1.82, 2.24) is 34.9 Å². The van der Waals surface area contributed by atoms with Crippen LogP contribution in [-0.4, -0.2) is 54.5 Å². The number of fused-ring (bicyclic) bond motifs is 1. The van der Waals surface area contributed by atoms with E-state index in [-0.39, 0.29) is 24.0 Å². The smallest absolute Gasteiger partial charge is 0.348 e. The van der Waals surface area contributed by atoms with Crippen LogP contribution in [0.5, 0.6) is 0 Å². The maximum atomic E-state index is 12.6. The monoisotopic (exact) mass is 409 g/mol. The second-order valence-electron chi connectivity index (χ2n) is 7.32. The van der Waals surface area contributed by atoms with Gasteiger partial charge in [-0.3, -0.25) is 19.3 Å². The van der Waals surface area contributed by atoms with Gasteiger partial charge in [0.05, 0.1) is 12.2 Å². The van der Waals surface area contributed by atoms with E-state index in [4.69, 9.17) is 0 Å². The van der Waals surface area contributed by atoms with Crippen molar-refractivity contribution < 1.29 is 9.59 Å². The Labute approximate surface area is 172 Å². The average Bonchev–Trinajstić information content (AvgIpc) is 3.38.